The Morgan fingerprint density at radius 1 is 1.43 bits per heavy atom. The summed E-state index contributed by atoms with van der Waals surface area (Å²) in [5, 5.41) is 2.52. The number of amides is 1. The molecule has 2 aromatic heterocycles. The average molecular weight is 315 g/mol. The number of hydrogen-bond acceptors (Lipinski definition) is 5. The number of nitrogens with zero attached hydrogens (tertiary/aromatic N) is 3. The van der Waals surface area contributed by atoms with E-state index in [0.29, 0.717) is 0 Å². The van der Waals surface area contributed by atoms with Gasteiger partial charge in [0.05, 0.1) is 5.02 Å². The van der Waals surface area contributed by atoms with Gasteiger partial charge >= 0.3 is 0 Å². The molecule has 110 valence electrons. The summed E-state index contributed by atoms with van der Waals surface area (Å²) < 4.78 is 28.8. The normalized spacial score (nSPS) is 10.5. The molecule has 21 heavy (non-hydrogen) atoms. The van der Waals surface area contributed by atoms with Crippen LogP contribution in [0.1, 0.15) is 10.5 Å². The number of alkyl halides is 2. The van der Waals surface area contributed by atoms with E-state index in [1.165, 1.54) is 30.7 Å². The molecule has 0 saturated carbocycles. The van der Waals surface area contributed by atoms with Gasteiger partial charge in [-0.05, 0) is 6.07 Å². The van der Waals surface area contributed by atoms with E-state index in [-0.39, 0.29) is 22.4 Å². The lowest BCUT2D eigenvalue weighted by Gasteiger charge is -2.07. The fraction of sp³-hybridized carbons (Fsp3) is 0.167. The van der Waals surface area contributed by atoms with Crippen LogP contribution in [0.15, 0.2) is 30.7 Å². The zero-order valence-corrected chi connectivity index (χ0v) is 11.2. The smallest absolute Gasteiger partial charge is 0.277 e. The molecule has 0 aliphatic heterocycles. The van der Waals surface area contributed by atoms with Crippen molar-refractivity contribution in [3.8, 4) is 5.88 Å². The molecule has 0 aliphatic rings. The van der Waals surface area contributed by atoms with Gasteiger partial charge < -0.3 is 10.1 Å². The first-order valence-corrected chi connectivity index (χ1v) is 6.09. The molecule has 0 radical (unpaired) electrons. The zero-order valence-electron chi connectivity index (χ0n) is 10.5. The fourth-order valence-corrected chi connectivity index (χ4v) is 1.56. The molecular weight excluding hydrogens is 306 g/mol. The van der Waals surface area contributed by atoms with Gasteiger partial charge in [0.1, 0.15) is 12.1 Å². The van der Waals surface area contributed by atoms with Gasteiger partial charge in [0.2, 0.25) is 5.88 Å². The van der Waals surface area contributed by atoms with Crippen LogP contribution in [0.3, 0.4) is 0 Å². The number of ether oxygens (including phenoxy) is 1. The third-order valence-corrected chi connectivity index (χ3v) is 2.48. The van der Waals surface area contributed by atoms with E-state index in [0.717, 1.165) is 0 Å². The van der Waals surface area contributed by atoms with Crippen LogP contribution < -0.4 is 10.1 Å². The lowest BCUT2D eigenvalue weighted by Crippen LogP contribution is -2.16. The minimum Gasteiger partial charge on any atom is -0.472 e. The Hall–Kier alpha value is -2.35. The fourth-order valence-electron chi connectivity index (χ4n) is 1.37. The number of carbonyl (C=O) groups excluding carboxylic acids is 1. The number of rotatable bonds is 5. The van der Waals surface area contributed by atoms with Crippen LogP contribution in [0.25, 0.3) is 0 Å². The van der Waals surface area contributed by atoms with E-state index < -0.39 is 18.9 Å². The zero-order chi connectivity index (χ0) is 15.2. The lowest BCUT2D eigenvalue weighted by molar-refractivity contribution is 0.0796. The van der Waals surface area contributed by atoms with Gasteiger partial charge in [0.15, 0.2) is 12.3 Å². The van der Waals surface area contributed by atoms with Crippen molar-refractivity contribution in [1.29, 1.82) is 0 Å². The molecule has 0 fully saturated rings. The summed E-state index contributed by atoms with van der Waals surface area (Å²) in [5.74, 6) is -0.496. The quantitative estimate of drug-likeness (QED) is 0.917. The third kappa shape index (κ3) is 4.32. The van der Waals surface area contributed by atoms with Crippen molar-refractivity contribution in [2.45, 2.75) is 6.43 Å². The van der Waals surface area contributed by atoms with Gasteiger partial charge in [-0.1, -0.05) is 17.7 Å². The summed E-state index contributed by atoms with van der Waals surface area (Å²) in [7, 11) is 0. The average Bonchev–Trinajstić information content (AvgIpc) is 2.46. The van der Waals surface area contributed by atoms with E-state index in [4.69, 9.17) is 16.3 Å². The van der Waals surface area contributed by atoms with Crippen LogP contribution in [-0.2, 0) is 0 Å². The van der Waals surface area contributed by atoms with Crippen molar-refractivity contribution in [2.24, 2.45) is 0 Å². The second kappa shape index (κ2) is 6.89. The molecule has 0 aromatic carbocycles. The van der Waals surface area contributed by atoms with Crippen molar-refractivity contribution in [2.75, 3.05) is 11.9 Å². The molecule has 2 rings (SSSR count). The SMILES string of the molecule is O=C(Nc1cccc(OCC(F)F)n1)c1ncncc1Cl. The number of nitrogens with one attached hydrogen (secondary N) is 1. The molecular formula is C12H9ClF2N4O2. The van der Waals surface area contributed by atoms with Gasteiger partial charge in [0, 0.05) is 12.3 Å². The Kier molecular flexibility index (Phi) is 4.94. The molecule has 2 aromatic rings. The predicted octanol–water partition coefficient (Wildman–Crippen LogP) is 2.42. The molecule has 0 atom stereocenters. The Balaban J connectivity index is 2.07. The molecule has 9 heteroatoms. The van der Waals surface area contributed by atoms with E-state index in [2.05, 4.69) is 20.3 Å². The number of pyridine rings is 1. The number of anilines is 1. The molecule has 0 saturated heterocycles. The topological polar surface area (TPSA) is 77.0 Å². The van der Waals surface area contributed by atoms with E-state index >= 15 is 0 Å². The summed E-state index contributed by atoms with van der Waals surface area (Å²) in [4.78, 5) is 23.2. The minimum absolute atomic E-state index is 0.0210. The van der Waals surface area contributed by atoms with Gasteiger partial charge in [-0.15, -0.1) is 0 Å². The summed E-state index contributed by atoms with van der Waals surface area (Å²) >= 11 is 5.79. The monoisotopic (exact) mass is 314 g/mol. The van der Waals surface area contributed by atoms with Crippen LogP contribution in [-0.4, -0.2) is 33.9 Å². The maximum Gasteiger partial charge on any atom is 0.277 e. The number of hydrogen-bond donors (Lipinski definition) is 1. The van der Waals surface area contributed by atoms with Crippen LogP contribution in [0, 0.1) is 0 Å². The molecule has 2 heterocycles. The molecule has 0 bridgehead atoms. The second-order valence-electron chi connectivity index (χ2n) is 3.74. The first-order chi connectivity index (χ1) is 10.1. The summed E-state index contributed by atoms with van der Waals surface area (Å²) in [6, 6.07) is 4.38. The first-order valence-electron chi connectivity index (χ1n) is 5.71. The van der Waals surface area contributed by atoms with Crippen LogP contribution in [0.4, 0.5) is 14.6 Å². The minimum atomic E-state index is -2.61. The Morgan fingerprint density at radius 2 is 2.24 bits per heavy atom. The van der Waals surface area contributed by atoms with Gasteiger partial charge in [-0.25, -0.2) is 18.7 Å². The molecule has 6 nitrogen and oxygen atoms in total. The number of carbonyl (C=O) groups is 1. The third-order valence-electron chi connectivity index (χ3n) is 2.21. The Morgan fingerprint density at radius 3 is 2.95 bits per heavy atom. The number of halogens is 3. The van der Waals surface area contributed by atoms with Crippen LogP contribution >= 0.6 is 11.6 Å². The highest BCUT2D eigenvalue weighted by atomic mass is 35.5. The Bertz CT molecular complexity index is 642. The predicted molar refractivity (Wildman–Crippen MR) is 70.7 cm³/mol. The molecule has 1 amide bonds. The van der Waals surface area contributed by atoms with Crippen molar-refractivity contribution in [3.05, 3.63) is 41.4 Å². The summed E-state index contributed by atoms with van der Waals surface area (Å²) in [6.07, 6.45) is -0.153. The summed E-state index contributed by atoms with van der Waals surface area (Å²) in [5.41, 5.74) is -0.0210. The second-order valence-corrected chi connectivity index (χ2v) is 4.14. The highest BCUT2D eigenvalue weighted by Crippen LogP contribution is 2.15. The van der Waals surface area contributed by atoms with Crippen LogP contribution in [0.5, 0.6) is 5.88 Å². The number of aromatic nitrogens is 3. The Labute approximate surface area is 123 Å². The molecule has 0 unspecified atom stereocenters. The largest absolute Gasteiger partial charge is 0.472 e. The maximum atomic E-state index is 12.0. The van der Waals surface area contributed by atoms with E-state index in [9.17, 15) is 13.6 Å². The first kappa shape index (κ1) is 15.0. The molecule has 0 spiro atoms. The van der Waals surface area contributed by atoms with Crippen molar-refractivity contribution in [3.63, 3.8) is 0 Å². The molecule has 1 N–H and O–H groups in total. The maximum absolute atomic E-state index is 12.0. The highest BCUT2D eigenvalue weighted by Gasteiger charge is 2.13. The lowest BCUT2D eigenvalue weighted by atomic mass is 10.3. The van der Waals surface area contributed by atoms with Crippen molar-refractivity contribution < 1.29 is 18.3 Å². The van der Waals surface area contributed by atoms with Gasteiger partial charge in [0.25, 0.3) is 12.3 Å². The standard InChI is InChI=1S/C12H9ClF2N4O2/c13-7-4-16-6-17-11(7)12(20)19-9-2-1-3-10(18-9)21-5-8(14)15/h1-4,6,8H,5H2,(H,18,19,20). The highest BCUT2D eigenvalue weighted by molar-refractivity contribution is 6.33. The van der Waals surface area contributed by atoms with Crippen molar-refractivity contribution >= 4 is 23.3 Å². The van der Waals surface area contributed by atoms with Gasteiger partial charge in [-0.2, -0.15) is 4.98 Å². The van der Waals surface area contributed by atoms with Crippen molar-refractivity contribution in [1.82, 2.24) is 15.0 Å². The van der Waals surface area contributed by atoms with E-state index in [1.54, 1.807) is 0 Å². The molecule has 0 aliphatic carbocycles. The van der Waals surface area contributed by atoms with Crippen LogP contribution in [0.2, 0.25) is 5.02 Å². The van der Waals surface area contributed by atoms with E-state index in [1.807, 2.05) is 0 Å². The van der Waals surface area contributed by atoms with Gasteiger partial charge in [-0.3, -0.25) is 4.79 Å². The summed E-state index contributed by atoms with van der Waals surface area (Å²) in [6.45, 7) is -0.776.